The lowest BCUT2D eigenvalue weighted by Gasteiger charge is -2.29. The van der Waals surface area contributed by atoms with E-state index >= 15 is 0 Å². The molecular formula is C26H29BN2O2. The van der Waals surface area contributed by atoms with E-state index in [4.69, 9.17) is 5.73 Å². The quantitative estimate of drug-likeness (QED) is 0.222. The first-order chi connectivity index (χ1) is 15.2. The summed E-state index contributed by atoms with van der Waals surface area (Å²) in [5.41, 5.74) is 8.39. The summed E-state index contributed by atoms with van der Waals surface area (Å²) in [5, 5.41) is 24.6. The molecule has 0 aromatic heterocycles. The van der Waals surface area contributed by atoms with E-state index in [1.807, 2.05) is 18.2 Å². The SMILES string of the molecule is NCCCCCN(Cc1ccccc1B(O)O)c1c2ccccc2cc2ccccc12. The summed E-state index contributed by atoms with van der Waals surface area (Å²) in [6, 6.07) is 26.8. The van der Waals surface area contributed by atoms with Gasteiger partial charge in [0.1, 0.15) is 0 Å². The molecule has 0 aliphatic heterocycles. The Morgan fingerprint density at radius 2 is 1.35 bits per heavy atom. The average Bonchev–Trinajstić information content (AvgIpc) is 2.79. The van der Waals surface area contributed by atoms with Crippen LogP contribution in [0, 0.1) is 0 Å². The molecule has 4 N–H and O–H groups in total. The number of anilines is 1. The molecule has 0 fully saturated rings. The number of unbranched alkanes of at least 4 members (excludes halogenated alkanes) is 2. The van der Waals surface area contributed by atoms with Gasteiger partial charge in [0, 0.05) is 23.9 Å². The van der Waals surface area contributed by atoms with Crippen LogP contribution in [0.5, 0.6) is 0 Å². The lowest BCUT2D eigenvalue weighted by Crippen LogP contribution is -2.36. The molecule has 0 heterocycles. The number of nitrogens with zero attached hydrogens (tertiary/aromatic N) is 1. The topological polar surface area (TPSA) is 69.7 Å². The fourth-order valence-corrected chi connectivity index (χ4v) is 4.36. The standard InChI is InChI=1S/C26H29BN2O2/c28-16-8-1-9-17-29(19-22-12-4-7-15-25(22)27(30)31)26-23-13-5-2-10-20(23)18-21-11-3-6-14-24(21)26/h2-7,10-15,18,30-31H,1,8-9,16-17,19,28H2. The van der Waals surface area contributed by atoms with Gasteiger partial charge in [-0.3, -0.25) is 0 Å². The maximum atomic E-state index is 9.90. The molecule has 4 nitrogen and oxygen atoms in total. The van der Waals surface area contributed by atoms with Crippen LogP contribution in [-0.2, 0) is 6.54 Å². The highest BCUT2D eigenvalue weighted by Crippen LogP contribution is 2.36. The van der Waals surface area contributed by atoms with Crippen molar-refractivity contribution in [2.75, 3.05) is 18.0 Å². The van der Waals surface area contributed by atoms with Crippen molar-refractivity contribution in [1.29, 1.82) is 0 Å². The summed E-state index contributed by atoms with van der Waals surface area (Å²) >= 11 is 0. The van der Waals surface area contributed by atoms with Gasteiger partial charge in [-0.15, -0.1) is 0 Å². The Bertz CT molecular complexity index is 1110. The van der Waals surface area contributed by atoms with Crippen molar-refractivity contribution >= 4 is 39.8 Å². The Hall–Kier alpha value is -2.86. The molecule has 0 saturated heterocycles. The number of fused-ring (bicyclic) bond motifs is 2. The van der Waals surface area contributed by atoms with Crippen molar-refractivity contribution in [2.45, 2.75) is 25.8 Å². The van der Waals surface area contributed by atoms with Gasteiger partial charge in [-0.1, -0.05) is 79.2 Å². The van der Waals surface area contributed by atoms with Crippen LogP contribution >= 0.6 is 0 Å². The molecule has 4 rings (SSSR count). The van der Waals surface area contributed by atoms with E-state index in [-0.39, 0.29) is 0 Å². The second-order valence-corrected chi connectivity index (χ2v) is 8.01. The summed E-state index contributed by atoms with van der Waals surface area (Å²) in [7, 11) is -1.49. The van der Waals surface area contributed by atoms with Gasteiger partial charge < -0.3 is 20.7 Å². The Morgan fingerprint density at radius 1 is 0.742 bits per heavy atom. The Morgan fingerprint density at radius 3 is 2.00 bits per heavy atom. The Labute approximate surface area is 184 Å². The van der Waals surface area contributed by atoms with E-state index in [1.165, 1.54) is 27.2 Å². The maximum Gasteiger partial charge on any atom is 0.488 e. The monoisotopic (exact) mass is 412 g/mol. The molecule has 0 bridgehead atoms. The number of rotatable bonds is 9. The van der Waals surface area contributed by atoms with Gasteiger partial charge in [-0.2, -0.15) is 0 Å². The maximum absolute atomic E-state index is 9.90. The van der Waals surface area contributed by atoms with Crippen molar-refractivity contribution in [2.24, 2.45) is 5.73 Å². The van der Waals surface area contributed by atoms with Gasteiger partial charge in [-0.25, -0.2) is 0 Å². The first-order valence-corrected chi connectivity index (χ1v) is 11.0. The predicted octanol–water partition coefficient (Wildman–Crippen LogP) is 3.81. The first-order valence-electron chi connectivity index (χ1n) is 11.0. The third-order valence-corrected chi connectivity index (χ3v) is 5.89. The number of nitrogens with two attached hydrogens (primary N) is 1. The molecule has 0 spiro atoms. The van der Waals surface area contributed by atoms with Gasteiger partial charge >= 0.3 is 7.12 Å². The minimum atomic E-state index is -1.49. The van der Waals surface area contributed by atoms with Crippen LogP contribution in [-0.4, -0.2) is 30.3 Å². The first kappa shape index (κ1) is 21.4. The van der Waals surface area contributed by atoms with Crippen molar-refractivity contribution in [1.82, 2.24) is 0 Å². The Balaban J connectivity index is 1.84. The van der Waals surface area contributed by atoms with Gasteiger partial charge in [-0.05, 0) is 47.3 Å². The van der Waals surface area contributed by atoms with Gasteiger partial charge in [0.15, 0.2) is 0 Å². The summed E-state index contributed by atoms with van der Waals surface area (Å²) in [6.45, 7) is 2.18. The molecule has 31 heavy (non-hydrogen) atoms. The molecule has 0 amide bonds. The lowest BCUT2D eigenvalue weighted by atomic mass is 9.77. The van der Waals surface area contributed by atoms with Crippen LogP contribution in [0.1, 0.15) is 24.8 Å². The van der Waals surface area contributed by atoms with Crippen molar-refractivity contribution in [3.63, 3.8) is 0 Å². The second kappa shape index (κ2) is 9.97. The molecule has 0 radical (unpaired) electrons. The molecule has 0 aliphatic rings. The molecule has 0 atom stereocenters. The number of hydrogen-bond donors (Lipinski definition) is 3. The van der Waals surface area contributed by atoms with E-state index in [1.54, 1.807) is 6.07 Å². The van der Waals surface area contributed by atoms with Crippen LogP contribution in [0.15, 0.2) is 78.9 Å². The van der Waals surface area contributed by atoms with Crippen LogP contribution in [0.2, 0.25) is 0 Å². The highest BCUT2D eigenvalue weighted by molar-refractivity contribution is 6.59. The molecule has 4 aromatic carbocycles. The van der Waals surface area contributed by atoms with Gasteiger partial charge in [0.05, 0.1) is 5.69 Å². The predicted molar refractivity (Wildman–Crippen MR) is 132 cm³/mol. The van der Waals surface area contributed by atoms with Crippen molar-refractivity contribution in [3.05, 3.63) is 84.4 Å². The van der Waals surface area contributed by atoms with E-state index < -0.39 is 7.12 Å². The van der Waals surface area contributed by atoms with Crippen LogP contribution < -0.4 is 16.1 Å². The Kier molecular flexibility index (Phi) is 6.87. The minimum Gasteiger partial charge on any atom is -0.423 e. The third-order valence-electron chi connectivity index (χ3n) is 5.89. The van der Waals surface area contributed by atoms with E-state index in [2.05, 4.69) is 59.5 Å². The largest absolute Gasteiger partial charge is 0.488 e. The minimum absolute atomic E-state index is 0.555. The fourth-order valence-electron chi connectivity index (χ4n) is 4.36. The lowest BCUT2D eigenvalue weighted by molar-refractivity contribution is 0.425. The van der Waals surface area contributed by atoms with Gasteiger partial charge in [0.2, 0.25) is 0 Å². The van der Waals surface area contributed by atoms with E-state index in [0.29, 0.717) is 18.6 Å². The molecule has 0 unspecified atom stereocenters. The number of benzene rings is 4. The summed E-state index contributed by atoms with van der Waals surface area (Å²) in [5.74, 6) is 0. The molecule has 5 heteroatoms. The highest BCUT2D eigenvalue weighted by atomic mass is 16.4. The van der Waals surface area contributed by atoms with Crippen LogP contribution in [0.25, 0.3) is 21.5 Å². The van der Waals surface area contributed by atoms with Crippen molar-refractivity contribution < 1.29 is 10.0 Å². The summed E-state index contributed by atoms with van der Waals surface area (Å²) < 4.78 is 0. The molecule has 158 valence electrons. The zero-order valence-corrected chi connectivity index (χ0v) is 17.7. The highest BCUT2D eigenvalue weighted by Gasteiger charge is 2.20. The van der Waals surface area contributed by atoms with E-state index in [9.17, 15) is 10.0 Å². The fraction of sp³-hybridized carbons (Fsp3) is 0.231. The van der Waals surface area contributed by atoms with Crippen molar-refractivity contribution in [3.8, 4) is 0 Å². The zero-order valence-electron chi connectivity index (χ0n) is 17.7. The summed E-state index contributed by atoms with van der Waals surface area (Å²) in [4.78, 5) is 2.39. The zero-order chi connectivity index (χ0) is 21.6. The van der Waals surface area contributed by atoms with Crippen LogP contribution in [0.4, 0.5) is 5.69 Å². The second-order valence-electron chi connectivity index (χ2n) is 8.01. The van der Waals surface area contributed by atoms with E-state index in [0.717, 1.165) is 31.4 Å². The van der Waals surface area contributed by atoms with Crippen LogP contribution in [0.3, 0.4) is 0 Å². The smallest absolute Gasteiger partial charge is 0.423 e. The average molecular weight is 412 g/mol. The molecule has 0 saturated carbocycles. The molecular weight excluding hydrogens is 383 g/mol. The third kappa shape index (κ3) is 4.74. The molecule has 4 aromatic rings. The van der Waals surface area contributed by atoms with Gasteiger partial charge in [0.25, 0.3) is 0 Å². The molecule has 0 aliphatic carbocycles. The summed E-state index contributed by atoms with van der Waals surface area (Å²) in [6.07, 6.45) is 3.11. The normalized spacial score (nSPS) is 11.2. The number of hydrogen-bond acceptors (Lipinski definition) is 4.